The molecule has 3 heterocycles. The van der Waals surface area contributed by atoms with Crippen LogP contribution >= 0.6 is 11.3 Å². The molecule has 1 atom stereocenters. The van der Waals surface area contributed by atoms with E-state index < -0.39 is 0 Å². The van der Waals surface area contributed by atoms with Crippen molar-refractivity contribution in [2.24, 2.45) is 0 Å². The number of likely N-dealkylation sites (tertiary alicyclic amines) is 1. The van der Waals surface area contributed by atoms with Gasteiger partial charge in [0.25, 0.3) is 0 Å². The van der Waals surface area contributed by atoms with Crippen LogP contribution in [0.4, 0.5) is 4.39 Å². The Morgan fingerprint density at radius 2 is 1.93 bits per heavy atom. The van der Waals surface area contributed by atoms with E-state index in [4.69, 9.17) is 9.47 Å². The molecule has 1 aromatic heterocycles. The molecule has 154 valence electrons. The van der Waals surface area contributed by atoms with E-state index in [0.29, 0.717) is 13.2 Å². The smallest absolute Gasteiger partial charge is 0.229 e. The number of fused-ring (bicyclic) bond motifs is 1. The molecular weight excluding hydrogens is 403 g/mol. The molecule has 2 aromatic carbocycles. The molecule has 2 aliphatic heterocycles. The van der Waals surface area contributed by atoms with E-state index in [2.05, 4.69) is 4.98 Å². The molecule has 7 heteroatoms. The predicted octanol–water partition coefficient (Wildman–Crippen LogP) is 4.63. The highest BCUT2D eigenvalue weighted by molar-refractivity contribution is 7.13. The third kappa shape index (κ3) is 3.77. The fourth-order valence-corrected chi connectivity index (χ4v) is 4.87. The Morgan fingerprint density at radius 3 is 2.77 bits per heavy atom. The zero-order valence-electron chi connectivity index (χ0n) is 16.3. The zero-order valence-corrected chi connectivity index (χ0v) is 17.2. The lowest BCUT2D eigenvalue weighted by molar-refractivity contribution is -0.131. The fourth-order valence-electron chi connectivity index (χ4n) is 4.05. The van der Waals surface area contributed by atoms with E-state index in [1.165, 1.54) is 23.5 Å². The van der Waals surface area contributed by atoms with Gasteiger partial charge >= 0.3 is 0 Å². The average molecular weight is 424 g/mol. The van der Waals surface area contributed by atoms with Gasteiger partial charge in [-0.1, -0.05) is 6.07 Å². The van der Waals surface area contributed by atoms with Crippen LogP contribution in [0.1, 0.15) is 30.1 Å². The first-order valence-corrected chi connectivity index (χ1v) is 10.9. The molecule has 30 heavy (non-hydrogen) atoms. The average Bonchev–Trinajstić information content (AvgIpc) is 3.44. The van der Waals surface area contributed by atoms with Crippen molar-refractivity contribution in [2.75, 3.05) is 19.8 Å². The number of amides is 1. The lowest BCUT2D eigenvalue weighted by atomic mass is 10.0. The number of hydrogen-bond donors (Lipinski definition) is 0. The maximum Gasteiger partial charge on any atom is 0.229 e. The van der Waals surface area contributed by atoms with Crippen molar-refractivity contribution in [2.45, 2.75) is 25.3 Å². The van der Waals surface area contributed by atoms with Gasteiger partial charge in [0, 0.05) is 17.5 Å². The van der Waals surface area contributed by atoms with E-state index in [0.717, 1.165) is 52.7 Å². The van der Waals surface area contributed by atoms with Gasteiger partial charge in [-0.3, -0.25) is 4.79 Å². The van der Waals surface area contributed by atoms with Crippen molar-refractivity contribution in [1.29, 1.82) is 0 Å². The van der Waals surface area contributed by atoms with E-state index >= 15 is 0 Å². The van der Waals surface area contributed by atoms with Crippen LogP contribution < -0.4 is 9.47 Å². The van der Waals surface area contributed by atoms with Crippen molar-refractivity contribution in [3.63, 3.8) is 0 Å². The molecule has 0 aliphatic carbocycles. The van der Waals surface area contributed by atoms with Crippen molar-refractivity contribution >= 4 is 17.2 Å². The van der Waals surface area contributed by atoms with Gasteiger partial charge in [0.1, 0.15) is 24.0 Å². The molecule has 3 aromatic rings. The second kappa shape index (κ2) is 8.07. The summed E-state index contributed by atoms with van der Waals surface area (Å²) >= 11 is 1.47. The number of halogens is 1. The molecule has 1 saturated heterocycles. The molecule has 0 N–H and O–H groups in total. The van der Waals surface area contributed by atoms with Gasteiger partial charge in [-0.2, -0.15) is 0 Å². The van der Waals surface area contributed by atoms with Crippen LogP contribution in [0.5, 0.6) is 11.5 Å². The minimum atomic E-state index is -0.273. The topological polar surface area (TPSA) is 51.7 Å². The molecule has 0 radical (unpaired) electrons. The molecular formula is C23H21FN2O3S. The molecule has 5 nitrogen and oxygen atoms in total. The lowest BCUT2D eigenvalue weighted by Crippen LogP contribution is -2.32. The molecule has 2 aliphatic rings. The molecule has 0 saturated carbocycles. The minimum Gasteiger partial charge on any atom is -0.486 e. The molecule has 5 rings (SSSR count). The van der Waals surface area contributed by atoms with Crippen molar-refractivity contribution in [3.05, 3.63) is 64.9 Å². The Morgan fingerprint density at radius 1 is 1.13 bits per heavy atom. The summed E-state index contributed by atoms with van der Waals surface area (Å²) in [6.45, 7) is 1.85. The molecule has 1 amide bonds. The van der Waals surface area contributed by atoms with Gasteiger partial charge < -0.3 is 14.4 Å². The quantitative estimate of drug-likeness (QED) is 0.613. The molecule has 0 bridgehead atoms. The van der Waals surface area contributed by atoms with Crippen LogP contribution in [0.3, 0.4) is 0 Å². The van der Waals surface area contributed by atoms with Gasteiger partial charge in [0.2, 0.25) is 5.91 Å². The summed E-state index contributed by atoms with van der Waals surface area (Å²) in [5.74, 6) is 1.31. The van der Waals surface area contributed by atoms with Crippen LogP contribution in [0.25, 0.3) is 10.6 Å². The van der Waals surface area contributed by atoms with Gasteiger partial charge in [-0.05, 0) is 54.8 Å². The highest BCUT2D eigenvalue weighted by Crippen LogP contribution is 2.38. The SMILES string of the molecule is O=C(Cc1csc(-c2ccc(F)cc2)n1)N1CCC[C@H]1c1ccc2c(c1)OCCO2. The van der Waals surface area contributed by atoms with Crippen molar-refractivity contribution < 1.29 is 18.7 Å². The second-order valence-electron chi connectivity index (χ2n) is 7.48. The normalized spacial score (nSPS) is 17.9. The predicted molar refractivity (Wildman–Crippen MR) is 112 cm³/mol. The number of carbonyl (C=O) groups is 1. The number of thiazole rings is 1. The van der Waals surface area contributed by atoms with Crippen molar-refractivity contribution in [1.82, 2.24) is 9.88 Å². The van der Waals surface area contributed by atoms with Crippen LogP contribution in [0, 0.1) is 5.82 Å². The summed E-state index contributed by atoms with van der Waals surface area (Å²) in [6.07, 6.45) is 2.17. The monoisotopic (exact) mass is 424 g/mol. The summed E-state index contributed by atoms with van der Waals surface area (Å²) in [4.78, 5) is 19.6. The number of aromatic nitrogens is 1. The van der Waals surface area contributed by atoms with Gasteiger partial charge in [-0.25, -0.2) is 9.37 Å². The number of rotatable bonds is 4. The molecule has 0 spiro atoms. The number of carbonyl (C=O) groups excluding carboxylic acids is 1. The minimum absolute atomic E-state index is 0.0449. The standard InChI is InChI=1S/C23H21FN2O3S/c24-17-6-3-15(4-7-17)23-25-18(14-30-23)13-22(27)26-9-1-2-19(26)16-5-8-20-21(12-16)29-11-10-28-20/h3-8,12,14,19H,1-2,9-11,13H2/t19-/m0/s1. The van der Waals surface area contributed by atoms with Crippen molar-refractivity contribution in [3.8, 4) is 22.1 Å². The maximum absolute atomic E-state index is 13.1. The summed E-state index contributed by atoms with van der Waals surface area (Å²) in [7, 11) is 0. The Balaban J connectivity index is 1.30. The third-order valence-electron chi connectivity index (χ3n) is 5.50. The number of nitrogens with zero attached hydrogens (tertiary/aromatic N) is 2. The number of hydrogen-bond acceptors (Lipinski definition) is 5. The highest BCUT2D eigenvalue weighted by Gasteiger charge is 2.31. The zero-order chi connectivity index (χ0) is 20.5. The largest absolute Gasteiger partial charge is 0.486 e. The Hall–Kier alpha value is -2.93. The van der Waals surface area contributed by atoms with E-state index in [9.17, 15) is 9.18 Å². The van der Waals surface area contributed by atoms with Gasteiger partial charge in [0.15, 0.2) is 11.5 Å². The number of benzene rings is 2. The van der Waals surface area contributed by atoms with Crippen LogP contribution in [-0.2, 0) is 11.2 Å². The highest BCUT2D eigenvalue weighted by atomic mass is 32.1. The van der Waals surface area contributed by atoms with Crippen LogP contribution in [-0.4, -0.2) is 35.5 Å². The van der Waals surface area contributed by atoms with E-state index in [1.54, 1.807) is 12.1 Å². The second-order valence-corrected chi connectivity index (χ2v) is 8.33. The molecule has 0 unspecified atom stereocenters. The third-order valence-corrected chi connectivity index (χ3v) is 6.44. The Labute approximate surface area is 178 Å². The van der Waals surface area contributed by atoms with E-state index in [1.807, 2.05) is 28.5 Å². The Bertz CT molecular complexity index is 1070. The maximum atomic E-state index is 13.1. The summed E-state index contributed by atoms with van der Waals surface area (Å²) < 4.78 is 24.5. The first-order chi connectivity index (χ1) is 14.7. The summed E-state index contributed by atoms with van der Waals surface area (Å²) in [5.41, 5.74) is 2.68. The summed E-state index contributed by atoms with van der Waals surface area (Å²) in [6, 6.07) is 12.3. The van der Waals surface area contributed by atoms with E-state index in [-0.39, 0.29) is 24.2 Å². The summed E-state index contributed by atoms with van der Waals surface area (Å²) in [5, 5.41) is 2.70. The van der Waals surface area contributed by atoms with Crippen LogP contribution in [0.15, 0.2) is 47.8 Å². The Kier molecular flexibility index (Phi) is 5.12. The van der Waals surface area contributed by atoms with Gasteiger partial charge in [-0.15, -0.1) is 11.3 Å². The number of ether oxygens (including phenoxy) is 2. The lowest BCUT2D eigenvalue weighted by Gasteiger charge is -2.26. The first kappa shape index (κ1) is 19.1. The first-order valence-electron chi connectivity index (χ1n) is 10.1. The van der Waals surface area contributed by atoms with Gasteiger partial charge in [0.05, 0.1) is 18.2 Å². The molecule has 1 fully saturated rings. The van der Waals surface area contributed by atoms with Crippen LogP contribution in [0.2, 0.25) is 0 Å². The fraction of sp³-hybridized carbons (Fsp3) is 0.304.